The summed E-state index contributed by atoms with van der Waals surface area (Å²) in [4.78, 5) is 0. The molecule has 1 heterocycles. The van der Waals surface area contributed by atoms with Crippen LogP contribution in [0.3, 0.4) is 0 Å². The molecular weight excluding hydrogens is 356 g/mol. The summed E-state index contributed by atoms with van der Waals surface area (Å²) in [6, 6.07) is 0. The maximum Gasteiger partial charge on any atom is 0.696 e. The molecule has 12 heteroatoms. The van der Waals surface area contributed by atoms with Gasteiger partial charge >= 0.3 is 34.7 Å². The lowest BCUT2D eigenvalue weighted by Crippen LogP contribution is -2.69. The third kappa shape index (κ3) is 6.58. The van der Waals surface area contributed by atoms with Gasteiger partial charge in [-0.2, -0.15) is 0 Å². The zero-order chi connectivity index (χ0) is 17.4. The van der Waals surface area contributed by atoms with E-state index >= 15 is 0 Å². The second-order valence-electron chi connectivity index (χ2n) is 6.92. The predicted octanol–water partition coefficient (Wildman–Crippen LogP) is 1.59. The van der Waals surface area contributed by atoms with E-state index in [0.29, 0.717) is 0 Å². The van der Waals surface area contributed by atoms with Crippen molar-refractivity contribution in [2.24, 2.45) is 0 Å². The zero-order valence-corrected chi connectivity index (χ0v) is 19.3. The van der Waals surface area contributed by atoms with E-state index in [1.165, 1.54) is 10.1 Å². The van der Waals surface area contributed by atoms with E-state index in [-0.39, 0.29) is 0 Å². The number of hydrogen-bond donors (Lipinski definition) is 0. The lowest BCUT2D eigenvalue weighted by Gasteiger charge is -2.46. The van der Waals surface area contributed by atoms with E-state index in [1.54, 1.807) is 28.2 Å². The van der Waals surface area contributed by atoms with E-state index in [9.17, 15) is 0 Å². The van der Waals surface area contributed by atoms with Crippen LogP contribution in [0.15, 0.2) is 0 Å². The molecule has 0 radical (unpaired) electrons. The highest BCUT2D eigenvalue weighted by Crippen LogP contribution is 2.32. The highest BCUT2D eigenvalue weighted by molar-refractivity contribution is 6.90. The Morgan fingerprint density at radius 1 is 0.545 bits per heavy atom. The molecule has 0 aliphatic carbocycles. The van der Waals surface area contributed by atoms with E-state index in [0.717, 1.165) is 0 Å². The van der Waals surface area contributed by atoms with E-state index < -0.39 is 34.7 Å². The lowest BCUT2D eigenvalue weighted by molar-refractivity contribution is -0.171. The first-order chi connectivity index (χ1) is 9.66. The van der Waals surface area contributed by atoms with Crippen LogP contribution in [-0.2, 0) is 25.5 Å². The third-order valence-electron chi connectivity index (χ3n) is 2.31. The largest absolute Gasteiger partial charge is 0.696 e. The van der Waals surface area contributed by atoms with E-state index in [4.69, 9.17) is 25.5 Å². The molecule has 0 aromatic heterocycles. The molecule has 1 rings (SSSR count). The van der Waals surface area contributed by atoms with Crippen molar-refractivity contribution < 1.29 is 25.5 Å². The summed E-state index contributed by atoms with van der Waals surface area (Å²) in [6.07, 6.45) is 0. The molecule has 132 valence electrons. The van der Waals surface area contributed by atoms with Gasteiger partial charge in [-0.1, -0.05) is 0 Å². The summed E-state index contributed by atoms with van der Waals surface area (Å²) < 4.78 is 36.7. The molecule has 0 spiro atoms. The molecule has 8 nitrogen and oxygen atoms in total. The van der Waals surface area contributed by atoms with Gasteiger partial charge in [-0.05, 0) is 39.3 Å². The Hall–Kier alpha value is 0.548. The average molecular weight is 387 g/mol. The Labute approximate surface area is 138 Å². The summed E-state index contributed by atoms with van der Waals surface area (Å²) in [5.74, 6) is 0. The van der Waals surface area contributed by atoms with Crippen molar-refractivity contribution in [1.82, 2.24) is 10.1 Å². The van der Waals surface area contributed by atoms with Crippen LogP contribution in [-0.4, -0.2) is 73.0 Å². The highest BCUT2D eigenvalue weighted by Gasteiger charge is 2.61. The molecule has 0 bridgehead atoms. The number of nitrogens with zero attached hydrogens (tertiary/aromatic N) is 2. The molecule has 0 aromatic carbocycles. The Morgan fingerprint density at radius 3 is 1.09 bits per heavy atom. The molecule has 1 fully saturated rings. The average Bonchev–Trinajstić information content (AvgIpc) is 2.03. The standard InChI is InChI=1S/C10H30N2O6Si4/c1-11(2)13-22(14-12(3)4)17-20(7,8)15-19(5,6)16-21(9,10)18-22/h1-10H3. The molecular formula is C10H30N2O6Si4. The molecule has 1 saturated heterocycles. The van der Waals surface area contributed by atoms with Gasteiger partial charge in [0.05, 0.1) is 0 Å². The van der Waals surface area contributed by atoms with Crippen molar-refractivity contribution in [3.8, 4) is 0 Å². The Morgan fingerprint density at radius 2 is 0.818 bits per heavy atom. The van der Waals surface area contributed by atoms with Crippen LogP contribution in [0, 0.1) is 0 Å². The van der Waals surface area contributed by atoms with Crippen LogP contribution >= 0.6 is 0 Å². The quantitative estimate of drug-likeness (QED) is 0.533. The highest BCUT2D eigenvalue weighted by atomic mass is 28.5. The summed E-state index contributed by atoms with van der Waals surface area (Å²) in [5, 5.41) is 3.07. The summed E-state index contributed by atoms with van der Waals surface area (Å²) in [7, 11) is -3.84. The van der Waals surface area contributed by atoms with Crippen molar-refractivity contribution in [1.29, 1.82) is 0 Å². The fourth-order valence-electron chi connectivity index (χ4n) is 2.41. The minimum absolute atomic E-state index is 1.54. The first kappa shape index (κ1) is 20.6. The second kappa shape index (κ2) is 6.81. The number of hydroxylamine groups is 4. The number of rotatable bonds is 4. The molecule has 0 amide bonds. The van der Waals surface area contributed by atoms with E-state index in [2.05, 4.69) is 0 Å². The fourth-order valence-corrected chi connectivity index (χ4v) is 20.4. The van der Waals surface area contributed by atoms with Gasteiger partial charge in [-0.3, -0.25) is 9.05 Å². The van der Waals surface area contributed by atoms with Gasteiger partial charge in [-0.15, -0.1) is 0 Å². The first-order valence-corrected chi connectivity index (χ1v) is 17.3. The smallest absolute Gasteiger partial charge is 0.416 e. The third-order valence-corrected chi connectivity index (χ3v) is 17.3. The van der Waals surface area contributed by atoms with Crippen LogP contribution in [0.4, 0.5) is 0 Å². The van der Waals surface area contributed by atoms with E-state index in [1.807, 2.05) is 39.3 Å². The monoisotopic (exact) mass is 386 g/mol. The Kier molecular flexibility index (Phi) is 6.37. The van der Waals surface area contributed by atoms with Crippen LogP contribution in [0.1, 0.15) is 0 Å². The summed E-state index contributed by atoms with van der Waals surface area (Å²) in [5.41, 5.74) is 0. The number of hydrogen-bond acceptors (Lipinski definition) is 8. The topological polar surface area (TPSA) is 61.9 Å². The molecule has 1 aliphatic heterocycles. The van der Waals surface area contributed by atoms with Gasteiger partial charge in [-0.25, -0.2) is 10.1 Å². The SMILES string of the molecule is CN(C)O[Si]1(ON(C)C)O[Si](C)(C)O[Si](C)(C)O[Si](C)(C)O1. The van der Waals surface area contributed by atoms with Crippen molar-refractivity contribution in [3.63, 3.8) is 0 Å². The molecule has 22 heavy (non-hydrogen) atoms. The second-order valence-corrected chi connectivity index (χ2v) is 19.9. The lowest BCUT2D eigenvalue weighted by atomic mass is 11.2. The maximum absolute atomic E-state index is 6.25. The van der Waals surface area contributed by atoms with Gasteiger partial charge in [0, 0.05) is 28.2 Å². The van der Waals surface area contributed by atoms with Crippen molar-refractivity contribution in [3.05, 3.63) is 0 Å². The molecule has 0 unspecified atom stereocenters. The normalized spacial score (nSPS) is 26.7. The Balaban J connectivity index is 3.22. The van der Waals surface area contributed by atoms with Gasteiger partial charge in [0.1, 0.15) is 0 Å². The van der Waals surface area contributed by atoms with Crippen LogP contribution < -0.4 is 0 Å². The Bertz CT molecular complexity index is 360. The van der Waals surface area contributed by atoms with Crippen LogP contribution in [0.2, 0.25) is 39.3 Å². The molecule has 0 N–H and O–H groups in total. The van der Waals surface area contributed by atoms with Crippen molar-refractivity contribution in [2.75, 3.05) is 28.2 Å². The predicted molar refractivity (Wildman–Crippen MR) is 92.1 cm³/mol. The van der Waals surface area contributed by atoms with Gasteiger partial charge < -0.3 is 16.5 Å². The molecule has 0 atom stereocenters. The van der Waals surface area contributed by atoms with Gasteiger partial charge in [0.15, 0.2) is 0 Å². The fraction of sp³-hybridized carbons (Fsp3) is 1.00. The molecule has 1 aliphatic rings. The van der Waals surface area contributed by atoms with Crippen molar-refractivity contribution >= 4 is 34.7 Å². The van der Waals surface area contributed by atoms with Crippen molar-refractivity contribution in [2.45, 2.75) is 39.3 Å². The minimum atomic E-state index is -3.48. The van der Waals surface area contributed by atoms with Crippen LogP contribution in [0.25, 0.3) is 0 Å². The summed E-state index contributed by atoms with van der Waals surface area (Å²) in [6.45, 7) is 11.8. The zero-order valence-electron chi connectivity index (χ0n) is 15.3. The molecule has 0 saturated carbocycles. The minimum Gasteiger partial charge on any atom is -0.416 e. The maximum atomic E-state index is 6.25. The van der Waals surface area contributed by atoms with Crippen LogP contribution in [0.5, 0.6) is 0 Å². The van der Waals surface area contributed by atoms with Gasteiger partial charge in [0.25, 0.3) is 0 Å². The molecule has 0 aromatic rings. The van der Waals surface area contributed by atoms with Gasteiger partial charge in [0.2, 0.25) is 0 Å². The summed E-state index contributed by atoms with van der Waals surface area (Å²) >= 11 is 0. The first-order valence-electron chi connectivity index (χ1n) is 7.20.